The van der Waals surface area contributed by atoms with Crippen LogP contribution in [0.1, 0.15) is 44.2 Å². The third kappa shape index (κ3) is 6.48. The summed E-state index contributed by atoms with van der Waals surface area (Å²) in [5.41, 5.74) is 1.46. The highest BCUT2D eigenvalue weighted by Crippen LogP contribution is 2.15. The van der Waals surface area contributed by atoms with Crippen LogP contribution in [0.5, 0.6) is 0 Å². The van der Waals surface area contributed by atoms with Crippen molar-refractivity contribution in [2.24, 2.45) is 0 Å². The van der Waals surface area contributed by atoms with E-state index in [2.05, 4.69) is 5.32 Å². The lowest BCUT2D eigenvalue weighted by atomic mass is 10.1. The molecule has 0 aliphatic heterocycles. The summed E-state index contributed by atoms with van der Waals surface area (Å²) in [4.78, 5) is 26.9. The van der Waals surface area contributed by atoms with E-state index in [1.807, 2.05) is 37.3 Å². The Hall–Kier alpha value is -2.69. The smallest absolute Gasteiger partial charge is 0.242 e. The molecule has 0 spiro atoms. The van der Waals surface area contributed by atoms with E-state index < -0.39 is 6.04 Å². The largest absolute Gasteiger partial charge is 0.354 e. The molecule has 1 atom stereocenters. The predicted octanol–water partition coefficient (Wildman–Crippen LogP) is 4.09. The quantitative estimate of drug-likeness (QED) is 0.627. The zero-order chi connectivity index (χ0) is 20.4. The molecule has 2 rings (SSSR count). The number of benzene rings is 2. The summed E-state index contributed by atoms with van der Waals surface area (Å²) in [7, 11) is 0. The first-order valence-corrected chi connectivity index (χ1v) is 9.87. The van der Waals surface area contributed by atoms with Crippen LogP contribution in [0, 0.1) is 5.82 Å². The van der Waals surface area contributed by atoms with Crippen molar-refractivity contribution in [1.82, 2.24) is 10.2 Å². The van der Waals surface area contributed by atoms with E-state index >= 15 is 0 Å². The van der Waals surface area contributed by atoms with Crippen molar-refractivity contribution in [1.29, 1.82) is 0 Å². The number of rotatable bonds is 10. The van der Waals surface area contributed by atoms with Crippen LogP contribution in [0.4, 0.5) is 4.39 Å². The molecule has 150 valence electrons. The molecule has 0 saturated heterocycles. The summed E-state index contributed by atoms with van der Waals surface area (Å²) in [5.74, 6) is -0.745. The average Bonchev–Trinajstić information content (AvgIpc) is 2.71. The third-order valence-electron chi connectivity index (χ3n) is 4.77. The van der Waals surface area contributed by atoms with Crippen LogP contribution in [-0.4, -0.2) is 29.3 Å². The molecular weight excluding hydrogens is 355 g/mol. The van der Waals surface area contributed by atoms with Gasteiger partial charge in [-0.25, -0.2) is 4.39 Å². The van der Waals surface area contributed by atoms with Gasteiger partial charge in [0.1, 0.15) is 11.9 Å². The fraction of sp³-hybridized carbons (Fsp3) is 0.391. The van der Waals surface area contributed by atoms with E-state index in [0.717, 1.165) is 18.4 Å². The second kappa shape index (κ2) is 11.2. The molecule has 5 heteroatoms. The van der Waals surface area contributed by atoms with Gasteiger partial charge in [-0.15, -0.1) is 0 Å². The zero-order valence-corrected chi connectivity index (χ0v) is 16.7. The summed E-state index contributed by atoms with van der Waals surface area (Å²) in [6.07, 6.45) is 2.71. The van der Waals surface area contributed by atoms with Gasteiger partial charge in [0.2, 0.25) is 11.8 Å². The number of nitrogens with zero attached hydrogens (tertiary/aromatic N) is 1. The topological polar surface area (TPSA) is 49.4 Å². The Kier molecular flexibility index (Phi) is 8.66. The zero-order valence-electron chi connectivity index (χ0n) is 16.7. The van der Waals surface area contributed by atoms with Gasteiger partial charge in [0.25, 0.3) is 0 Å². The van der Waals surface area contributed by atoms with Gasteiger partial charge >= 0.3 is 0 Å². The van der Waals surface area contributed by atoms with Crippen molar-refractivity contribution in [3.8, 4) is 0 Å². The fourth-order valence-corrected chi connectivity index (χ4v) is 2.97. The van der Waals surface area contributed by atoms with E-state index in [0.29, 0.717) is 18.5 Å². The van der Waals surface area contributed by atoms with Gasteiger partial charge in [0.15, 0.2) is 0 Å². The summed E-state index contributed by atoms with van der Waals surface area (Å²) >= 11 is 0. The van der Waals surface area contributed by atoms with Crippen molar-refractivity contribution < 1.29 is 14.0 Å². The number of aryl methyl sites for hydroxylation is 1. The van der Waals surface area contributed by atoms with Gasteiger partial charge in [-0.3, -0.25) is 9.59 Å². The molecule has 0 aliphatic rings. The highest BCUT2D eigenvalue weighted by atomic mass is 19.1. The summed E-state index contributed by atoms with van der Waals surface area (Å²) < 4.78 is 14.1. The number of carbonyl (C=O) groups excluding carboxylic acids is 2. The van der Waals surface area contributed by atoms with Gasteiger partial charge in [-0.2, -0.15) is 0 Å². The second-order valence-corrected chi connectivity index (χ2v) is 6.92. The Balaban J connectivity index is 2.11. The molecule has 2 aromatic rings. The summed E-state index contributed by atoms with van der Waals surface area (Å²) in [6, 6.07) is 15.4. The third-order valence-corrected chi connectivity index (χ3v) is 4.77. The molecule has 0 radical (unpaired) electrons. The van der Waals surface area contributed by atoms with Gasteiger partial charge < -0.3 is 10.2 Å². The van der Waals surface area contributed by atoms with Crippen molar-refractivity contribution in [3.63, 3.8) is 0 Å². The van der Waals surface area contributed by atoms with Crippen molar-refractivity contribution in [2.45, 2.75) is 52.1 Å². The Morgan fingerprint density at radius 2 is 1.75 bits per heavy atom. The molecule has 1 N–H and O–H groups in total. The van der Waals surface area contributed by atoms with E-state index in [9.17, 15) is 14.0 Å². The van der Waals surface area contributed by atoms with Crippen LogP contribution < -0.4 is 5.32 Å². The lowest BCUT2D eigenvalue weighted by Crippen LogP contribution is -2.48. The van der Waals surface area contributed by atoms with Crippen LogP contribution in [0.15, 0.2) is 54.6 Å². The minimum absolute atomic E-state index is 0.0721. The van der Waals surface area contributed by atoms with Crippen LogP contribution in [0.2, 0.25) is 0 Å². The molecule has 0 fully saturated rings. The maximum atomic E-state index is 14.1. The molecule has 0 aromatic heterocycles. The molecule has 28 heavy (non-hydrogen) atoms. The molecule has 2 amide bonds. The number of nitrogens with one attached hydrogen (secondary N) is 1. The molecule has 1 unspecified atom stereocenters. The van der Waals surface area contributed by atoms with Crippen molar-refractivity contribution >= 4 is 11.8 Å². The molecule has 0 saturated carbocycles. The maximum absolute atomic E-state index is 14.1. The lowest BCUT2D eigenvalue weighted by Gasteiger charge is -2.29. The van der Waals surface area contributed by atoms with E-state index in [-0.39, 0.29) is 30.6 Å². The number of unbranched alkanes of at least 4 members (excludes halogenated alkanes) is 1. The van der Waals surface area contributed by atoms with Crippen LogP contribution in [0.25, 0.3) is 0 Å². The standard InChI is InChI=1S/C23H29FN2O2/c1-3-4-16-25-23(28)18(2)26(17-20-12-8-9-13-21(20)24)22(27)15-14-19-10-6-5-7-11-19/h5-13,18H,3-4,14-17H2,1-2H3,(H,25,28). The summed E-state index contributed by atoms with van der Waals surface area (Å²) in [6.45, 7) is 4.39. The maximum Gasteiger partial charge on any atom is 0.242 e. The SMILES string of the molecule is CCCCNC(=O)C(C)N(Cc1ccccc1F)C(=O)CCc1ccccc1. The second-order valence-electron chi connectivity index (χ2n) is 6.92. The lowest BCUT2D eigenvalue weighted by molar-refractivity contribution is -0.140. The highest BCUT2D eigenvalue weighted by molar-refractivity contribution is 5.87. The summed E-state index contributed by atoms with van der Waals surface area (Å²) in [5, 5.41) is 2.87. The monoisotopic (exact) mass is 384 g/mol. The molecule has 2 aromatic carbocycles. The Morgan fingerprint density at radius 1 is 1.07 bits per heavy atom. The number of hydrogen-bond acceptors (Lipinski definition) is 2. The first-order chi connectivity index (χ1) is 13.5. The van der Waals surface area contributed by atoms with Crippen molar-refractivity contribution in [2.75, 3.05) is 6.54 Å². The minimum atomic E-state index is -0.667. The first-order valence-electron chi connectivity index (χ1n) is 9.87. The van der Waals surface area contributed by atoms with Crippen molar-refractivity contribution in [3.05, 3.63) is 71.5 Å². The van der Waals surface area contributed by atoms with E-state index in [1.165, 1.54) is 11.0 Å². The van der Waals surface area contributed by atoms with Gasteiger partial charge in [0, 0.05) is 25.1 Å². The van der Waals surface area contributed by atoms with Gasteiger partial charge in [-0.05, 0) is 31.4 Å². The highest BCUT2D eigenvalue weighted by Gasteiger charge is 2.26. The average molecular weight is 384 g/mol. The first kappa shape index (κ1) is 21.6. The minimum Gasteiger partial charge on any atom is -0.354 e. The molecule has 0 heterocycles. The van der Waals surface area contributed by atoms with Gasteiger partial charge in [-0.1, -0.05) is 61.9 Å². The molecule has 4 nitrogen and oxygen atoms in total. The number of hydrogen-bond donors (Lipinski definition) is 1. The van der Waals surface area contributed by atoms with Crippen LogP contribution >= 0.6 is 0 Å². The normalized spacial score (nSPS) is 11.7. The molecule has 0 bridgehead atoms. The molecular formula is C23H29FN2O2. The number of carbonyl (C=O) groups is 2. The van der Waals surface area contributed by atoms with Crippen LogP contribution in [0.3, 0.4) is 0 Å². The van der Waals surface area contributed by atoms with Crippen LogP contribution in [-0.2, 0) is 22.6 Å². The Labute approximate surface area is 166 Å². The van der Waals surface area contributed by atoms with E-state index in [4.69, 9.17) is 0 Å². The number of amides is 2. The van der Waals surface area contributed by atoms with E-state index in [1.54, 1.807) is 25.1 Å². The number of halogens is 1. The fourth-order valence-electron chi connectivity index (χ4n) is 2.97. The Morgan fingerprint density at radius 3 is 2.43 bits per heavy atom. The predicted molar refractivity (Wildman–Crippen MR) is 109 cm³/mol. The molecule has 0 aliphatic carbocycles. The van der Waals surface area contributed by atoms with Gasteiger partial charge in [0.05, 0.1) is 0 Å². The Bertz CT molecular complexity index is 764.